The summed E-state index contributed by atoms with van der Waals surface area (Å²) in [5.41, 5.74) is 10.2. The van der Waals surface area contributed by atoms with Crippen LogP contribution >= 0.6 is 0 Å². The van der Waals surface area contributed by atoms with Gasteiger partial charge in [-0.3, -0.25) is 4.98 Å². The van der Waals surface area contributed by atoms with E-state index in [1.165, 1.54) is 12.1 Å². The third-order valence-corrected chi connectivity index (χ3v) is 4.64. The van der Waals surface area contributed by atoms with Crippen LogP contribution in [0.1, 0.15) is 31.0 Å². The van der Waals surface area contributed by atoms with Gasteiger partial charge in [-0.2, -0.15) is 0 Å². The van der Waals surface area contributed by atoms with Gasteiger partial charge in [0.1, 0.15) is 5.82 Å². The van der Waals surface area contributed by atoms with Crippen LogP contribution in [0.25, 0.3) is 11.3 Å². The lowest BCUT2D eigenvalue weighted by molar-refractivity contribution is 0.287. The Hall–Kier alpha value is -2.52. The first-order chi connectivity index (χ1) is 12.0. The Labute approximate surface area is 148 Å². The molecule has 0 aliphatic heterocycles. The van der Waals surface area contributed by atoms with Crippen LogP contribution in [0.4, 0.5) is 4.39 Å². The molecule has 0 aliphatic rings. The van der Waals surface area contributed by atoms with Gasteiger partial charge in [-0.05, 0) is 41.2 Å². The van der Waals surface area contributed by atoms with E-state index in [1.54, 1.807) is 12.3 Å². The van der Waals surface area contributed by atoms with E-state index < -0.39 is 0 Å². The van der Waals surface area contributed by atoms with Gasteiger partial charge in [0, 0.05) is 17.8 Å². The number of rotatable bonds is 5. The molecule has 0 fully saturated rings. The average Bonchev–Trinajstić information content (AvgIpc) is 2.62. The molecule has 3 rings (SSSR count). The molecule has 2 nitrogen and oxygen atoms in total. The van der Waals surface area contributed by atoms with Crippen LogP contribution in [0.2, 0.25) is 0 Å². The molecule has 2 N–H and O–H groups in total. The van der Waals surface area contributed by atoms with Crippen LogP contribution in [0.15, 0.2) is 72.9 Å². The molecule has 0 spiro atoms. The van der Waals surface area contributed by atoms with Gasteiger partial charge in [-0.1, -0.05) is 62.4 Å². The molecule has 3 aromatic rings. The molecule has 0 amide bonds. The third kappa shape index (κ3) is 3.94. The second-order valence-electron chi connectivity index (χ2n) is 7.08. The molecule has 1 aromatic heterocycles. The Morgan fingerprint density at radius 3 is 2.48 bits per heavy atom. The van der Waals surface area contributed by atoms with E-state index >= 15 is 0 Å². The summed E-state index contributed by atoms with van der Waals surface area (Å²) in [6, 6.07) is 20.6. The minimum absolute atomic E-state index is 0.103. The fourth-order valence-corrected chi connectivity index (χ4v) is 3.19. The fourth-order valence-electron chi connectivity index (χ4n) is 3.19. The van der Waals surface area contributed by atoms with Crippen molar-refractivity contribution in [3.63, 3.8) is 0 Å². The number of benzene rings is 2. The molecule has 0 aliphatic carbocycles. The van der Waals surface area contributed by atoms with Gasteiger partial charge in [0.05, 0.1) is 5.69 Å². The lowest BCUT2D eigenvalue weighted by Gasteiger charge is -2.32. The molecule has 25 heavy (non-hydrogen) atoms. The maximum atomic E-state index is 13.6. The van der Waals surface area contributed by atoms with E-state index in [0.29, 0.717) is 0 Å². The topological polar surface area (TPSA) is 38.9 Å². The summed E-state index contributed by atoms with van der Waals surface area (Å²) in [4.78, 5) is 4.50. The highest BCUT2D eigenvalue weighted by Crippen LogP contribution is 2.36. The summed E-state index contributed by atoms with van der Waals surface area (Å²) in [5, 5.41) is 0. The summed E-state index contributed by atoms with van der Waals surface area (Å²) < 4.78 is 13.6. The SMILES string of the molecule is CC(C)(Cc1cccnc1-c1cccc(F)c1)C(N)c1ccccc1. The van der Waals surface area contributed by atoms with Crippen molar-refractivity contribution < 1.29 is 4.39 Å². The van der Waals surface area contributed by atoms with E-state index in [0.717, 1.165) is 28.8 Å². The summed E-state index contributed by atoms with van der Waals surface area (Å²) in [7, 11) is 0. The normalized spacial score (nSPS) is 12.8. The van der Waals surface area contributed by atoms with Crippen molar-refractivity contribution in [2.45, 2.75) is 26.3 Å². The molecular formula is C22H23FN2. The van der Waals surface area contributed by atoms with E-state index in [2.05, 4.69) is 31.0 Å². The summed E-state index contributed by atoms with van der Waals surface area (Å²) in [6.45, 7) is 4.32. The Morgan fingerprint density at radius 2 is 1.76 bits per heavy atom. The number of hydrogen-bond acceptors (Lipinski definition) is 2. The molecule has 0 bridgehead atoms. The van der Waals surface area contributed by atoms with Crippen molar-refractivity contribution in [2.24, 2.45) is 11.1 Å². The largest absolute Gasteiger partial charge is 0.323 e. The second kappa shape index (κ2) is 7.16. The van der Waals surface area contributed by atoms with Gasteiger partial charge in [0.25, 0.3) is 0 Å². The number of hydrogen-bond donors (Lipinski definition) is 1. The summed E-state index contributed by atoms with van der Waals surface area (Å²) >= 11 is 0. The first kappa shape index (κ1) is 17.3. The minimum Gasteiger partial charge on any atom is -0.323 e. The molecule has 1 heterocycles. The number of pyridine rings is 1. The van der Waals surface area contributed by atoms with E-state index in [1.807, 2.05) is 36.4 Å². The Kier molecular flexibility index (Phi) is 4.95. The molecule has 3 heteroatoms. The standard InChI is InChI=1S/C22H23FN2/c1-22(2,21(24)16-8-4-3-5-9-16)15-18-11-7-13-25-20(18)17-10-6-12-19(23)14-17/h3-14,21H,15,24H2,1-2H3. The molecule has 0 saturated carbocycles. The van der Waals surface area contributed by atoms with Crippen molar-refractivity contribution in [3.8, 4) is 11.3 Å². The average molecular weight is 334 g/mol. The quantitative estimate of drug-likeness (QED) is 0.700. The van der Waals surface area contributed by atoms with Crippen molar-refractivity contribution in [2.75, 3.05) is 0 Å². The van der Waals surface area contributed by atoms with Crippen LogP contribution in [-0.2, 0) is 6.42 Å². The van der Waals surface area contributed by atoms with Crippen LogP contribution in [0.3, 0.4) is 0 Å². The maximum absolute atomic E-state index is 13.6. The van der Waals surface area contributed by atoms with Gasteiger partial charge in [0.2, 0.25) is 0 Å². The zero-order valence-electron chi connectivity index (χ0n) is 14.6. The lowest BCUT2D eigenvalue weighted by atomic mass is 9.76. The Morgan fingerprint density at radius 1 is 1.00 bits per heavy atom. The Balaban J connectivity index is 1.93. The van der Waals surface area contributed by atoms with Gasteiger partial charge >= 0.3 is 0 Å². The fraction of sp³-hybridized carbons (Fsp3) is 0.227. The number of halogens is 1. The van der Waals surface area contributed by atoms with E-state index in [4.69, 9.17) is 5.73 Å². The van der Waals surface area contributed by atoms with Crippen LogP contribution in [-0.4, -0.2) is 4.98 Å². The first-order valence-corrected chi connectivity index (χ1v) is 8.48. The van der Waals surface area contributed by atoms with Gasteiger partial charge in [-0.25, -0.2) is 4.39 Å². The number of nitrogens with zero attached hydrogens (tertiary/aromatic N) is 1. The molecule has 0 saturated heterocycles. The van der Waals surface area contributed by atoms with Crippen LogP contribution in [0.5, 0.6) is 0 Å². The third-order valence-electron chi connectivity index (χ3n) is 4.64. The van der Waals surface area contributed by atoms with E-state index in [9.17, 15) is 4.39 Å². The first-order valence-electron chi connectivity index (χ1n) is 8.48. The predicted octanol–water partition coefficient (Wildman–Crippen LogP) is 5.16. The number of aromatic nitrogens is 1. The van der Waals surface area contributed by atoms with Crippen molar-refractivity contribution in [1.29, 1.82) is 0 Å². The monoisotopic (exact) mass is 334 g/mol. The minimum atomic E-state index is -0.255. The molecule has 128 valence electrons. The molecule has 1 atom stereocenters. The van der Waals surface area contributed by atoms with Gasteiger partial charge in [-0.15, -0.1) is 0 Å². The maximum Gasteiger partial charge on any atom is 0.123 e. The predicted molar refractivity (Wildman–Crippen MR) is 100 cm³/mol. The smallest absolute Gasteiger partial charge is 0.123 e. The molecule has 1 unspecified atom stereocenters. The molecule has 2 aromatic carbocycles. The highest BCUT2D eigenvalue weighted by atomic mass is 19.1. The number of nitrogens with two attached hydrogens (primary N) is 1. The van der Waals surface area contributed by atoms with Crippen molar-refractivity contribution in [3.05, 3.63) is 89.9 Å². The van der Waals surface area contributed by atoms with Crippen molar-refractivity contribution >= 4 is 0 Å². The van der Waals surface area contributed by atoms with Crippen LogP contribution < -0.4 is 5.73 Å². The summed E-state index contributed by atoms with van der Waals surface area (Å²) in [6.07, 6.45) is 2.50. The zero-order chi connectivity index (χ0) is 17.9. The van der Waals surface area contributed by atoms with Crippen LogP contribution in [0, 0.1) is 11.2 Å². The second-order valence-corrected chi connectivity index (χ2v) is 7.08. The molecular weight excluding hydrogens is 311 g/mol. The zero-order valence-corrected chi connectivity index (χ0v) is 14.6. The lowest BCUT2D eigenvalue weighted by Crippen LogP contribution is -2.31. The van der Waals surface area contributed by atoms with Gasteiger partial charge < -0.3 is 5.73 Å². The van der Waals surface area contributed by atoms with Crippen molar-refractivity contribution in [1.82, 2.24) is 4.98 Å². The highest BCUT2D eigenvalue weighted by Gasteiger charge is 2.29. The highest BCUT2D eigenvalue weighted by molar-refractivity contribution is 5.63. The summed E-state index contributed by atoms with van der Waals surface area (Å²) in [5.74, 6) is -0.255. The van der Waals surface area contributed by atoms with Gasteiger partial charge in [0.15, 0.2) is 0 Å². The molecule has 0 radical (unpaired) electrons. The van der Waals surface area contributed by atoms with E-state index in [-0.39, 0.29) is 17.3 Å². The Bertz CT molecular complexity index is 843.